The topological polar surface area (TPSA) is 79.6 Å². The zero-order valence-electron chi connectivity index (χ0n) is 17.8. The van der Waals surface area contributed by atoms with Gasteiger partial charge in [-0.2, -0.15) is 0 Å². The Morgan fingerprint density at radius 2 is 1.71 bits per heavy atom. The van der Waals surface area contributed by atoms with Gasteiger partial charge in [0.25, 0.3) is 5.56 Å². The van der Waals surface area contributed by atoms with Crippen molar-refractivity contribution in [2.45, 2.75) is 51.5 Å². The van der Waals surface area contributed by atoms with E-state index in [-0.39, 0.29) is 28.4 Å². The number of rotatable bonds is 3. The molecule has 31 heavy (non-hydrogen) atoms. The molecule has 2 fully saturated rings. The lowest BCUT2D eigenvalue weighted by Gasteiger charge is -2.45. The lowest BCUT2D eigenvalue weighted by atomic mass is 9.80. The van der Waals surface area contributed by atoms with Crippen LogP contribution in [0.15, 0.2) is 41.2 Å². The predicted molar refractivity (Wildman–Crippen MR) is 117 cm³/mol. The molecule has 6 nitrogen and oxygen atoms in total. The Bertz CT molecular complexity index is 1100. The van der Waals surface area contributed by atoms with Gasteiger partial charge < -0.3 is 14.6 Å². The molecule has 0 radical (unpaired) electrons. The Morgan fingerprint density at radius 1 is 1.00 bits per heavy atom. The molecule has 2 bridgehead atoms. The van der Waals surface area contributed by atoms with Crippen molar-refractivity contribution >= 4 is 11.9 Å². The Morgan fingerprint density at radius 3 is 2.39 bits per heavy atom. The summed E-state index contributed by atoms with van der Waals surface area (Å²) in [7, 11) is 0. The number of pyridine rings is 1. The van der Waals surface area contributed by atoms with E-state index in [0.29, 0.717) is 19.0 Å². The number of aromatic nitrogens is 1. The first-order chi connectivity index (χ1) is 14.8. The number of fused-ring (bicyclic) bond motifs is 4. The standard InChI is InChI=1S/C25H28N2O4/c1-25(8-2-3-9-25)24(31)26-13-16-10-20(15-26)21-11-19(12-22(28)27(21)14-16)17-4-6-18(7-5-17)23(29)30/h4-7,11-12,16,20H,2-3,8-10,13-15H2,1H3,(H,29,30)/t16-,20+/m0/s1. The number of hydrogen-bond acceptors (Lipinski definition) is 3. The van der Waals surface area contributed by atoms with E-state index in [0.717, 1.165) is 55.5 Å². The quantitative estimate of drug-likeness (QED) is 0.820. The number of piperidine rings is 1. The molecule has 1 N–H and O–H groups in total. The van der Waals surface area contributed by atoms with E-state index in [1.165, 1.54) is 0 Å². The third-order valence-electron chi connectivity index (χ3n) is 7.53. The van der Waals surface area contributed by atoms with E-state index in [9.17, 15) is 14.4 Å². The van der Waals surface area contributed by atoms with Gasteiger partial charge in [0.1, 0.15) is 0 Å². The Labute approximate surface area is 181 Å². The summed E-state index contributed by atoms with van der Waals surface area (Å²) in [6.07, 6.45) is 5.21. The van der Waals surface area contributed by atoms with Crippen LogP contribution in [0.1, 0.15) is 61.0 Å². The van der Waals surface area contributed by atoms with Crippen molar-refractivity contribution in [1.29, 1.82) is 0 Å². The van der Waals surface area contributed by atoms with Crippen LogP contribution < -0.4 is 5.56 Å². The number of carboxylic acid groups (broad SMARTS) is 1. The molecular formula is C25H28N2O4. The molecule has 1 aromatic carbocycles. The summed E-state index contributed by atoms with van der Waals surface area (Å²) in [6, 6.07) is 10.3. The average Bonchev–Trinajstić information content (AvgIpc) is 3.21. The number of carbonyl (C=O) groups is 2. The first-order valence-electron chi connectivity index (χ1n) is 11.2. The highest BCUT2D eigenvalue weighted by molar-refractivity contribution is 5.88. The van der Waals surface area contributed by atoms with Gasteiger partial charge >= 0.3 is 5.97 Å². The molecule has 1 amide bonds. The van der Waals surface area contributed by atoms with Crippen LogP contribution in [0, 0.1) is 11.3 Å². The van der Waals surface area contributed by atoms with E-state index in [2.05, 4.69) is 17.9 Å². The summed E-state index contributed by atoms with van der Waals surface area (Å²) in [5, 5.41) is 9.13. The first-order valence-corrected chi connectivity index (χ1v) is 11.2. The van der Waals surface area contributed by atoms with E-state index in [1.807, 2.05) is 4.57 Å². The van der Waals surface area contributed by atoms with Crippen LogP contribution in [0.25, 0.3) is 11.1 Å². The summed E-state index contributed by atoms with van der Waals surface area (Å²) in [5.74, 6) is -0.201. The number of nitrogens with zero attached hydrogens (tertiary/aromatic N) is 2. The summed E-state index contributed by atoms with van der Waals surface area (Å²) in [6.45, 7) is 4.19. The lowest BCUT2D eigenvalue weighted by Crippen LogP contribution is -2.52. The fraction of sp³-hybridized carbons (Fsp3) is 0.480. The fourth-order valence-corrected chi connectivity index (χ4v) is 5.85. The van der Waals surface area contributed by atoms with Gasteiger partial charge in [-0.25, -0.2) is 4.79 Å². The molecule has 1 aromatic heterocycles. The third-order valence-corrected chi connectivity index (χ3v) is 7.53. The average molecular weight is 421 g/mol. The monoisotopic (exact) mass is 420 g/mol. The summed E-state index contributed by atoms with van der Waals surface area (Å²) in [4.78, 5) is 39.4. The second-order valence-corrected chi connectivity index (χ2v) is 9.78. The predicted octanol–water partition coefficient (Wildman–Crippen LogP) is 3.74. The van der Waals surface area contributed by atoms with Crippen molar-refractivity contribution in [2.24, 2.45) is 11.3 Å². The van der Waals surface area contributed by atoms with E-state index in [1.54, 1.807) is 30.3 Å². The number of hydrogen-bond donors (Lipinski definition) is 1. The van der Waals surface area contributed by atoms with Gasteiger partial charge in [0.15, 0.2) is 0 Å². The van der Waals surface area contributed by atoms with Crippen LogP contribution in [-0.2, 0) is 11.3 Å². The van der Waals surface area contributed by atoms with Crippen LogP contribution in [0.3, 0.4) is 0 Å². The van der Waals surface area contributed by atoms with E-state index in [4.69, 9.17) is 5.11 Å². The largest absolute Gasteiger partial charge is 0.478 e. The molecule has 6 heteroatoms. The summed E-state index contributed by atoms with van der Waals surface area (Å²) < 4.78 is 1.88. The Hall–Kier alpha value is -2.89. The van der Waals surface area contributed by atoms with Crippen molar-refractivity contribution in [3.05, 3.63) is 58.0 Å². The fourth-order valence-electron chi connectivity index (χ4n) is 5.85. The zero-order valence-corrected chi connectivity index (χ0v) is 17.8. The molecule has 3 heterocycles. The lowest BCUT2D eigenvalue weighted by molar-refractivity contribution is -0.143. The van der Waals surface area contributed by atoms with Gasteiger partial charge in [-0.3, -0.25) is 9.59 Å². The van der Waals surface area contributed by atoms with Crippen molar-refractivity contribution < 1.29 is 14.7 Å². The van der Waals surface area contributed by atoms with Crippen molar-refractivity contribution in [1.82, 2.24) is 9.47 Å². The molecule has 0 unspecified atom stereocenters. The second kappa shape index (κ2) is 7.36. The minimum Gasteiger partial charge on any atom is -0.478 e. The minimum atomic E-state index is -0.967. The molecular weight excluding hydrogens is 392 g/mol. The van der Waals surface area contributed by atoms with Gasteiger partial charge in [0.2, 0.25) is 5.91 Å². The van der Waals surface area contributed by atoms with Gasteiger partial charge in [-0.1, -0.05) is 31.9 Å². The highest BCUT2D eigenvalue weighted by Gasteiger charge is 2.43. The zero-order chi connectivity index (χ0) is 21.8. The maximum Gasteiger partial charge on any atom is 0.335 e. The molecule has 2 atom stereocenters. The number of aromatic carboxylic acids is 1. The maximum absolute atomic E-state index is 13.3. The molecule has 0 spiro atoms. The Kier molecular flexibility index (Phi) is 4.76. The summed E-state index contributed by atoms with van der Waals surface area (Å²) in [5.41, 5.74) is 2.61. The SMILES string of the molecule is CC1(C(=O)N2C[C@@H]3C[C@H](C2)c2cc(-c4ccc(C(=O)O)cc4)cc(=O)n2C3)CCCC1. The van der Waals surface area contributed by atoms with Crippen LogP contribution >= 0.6 is 0 Å². The van der Waals surface area contributed by atoms with Gasteiger partial charge in [0, 0.05) is 42.7 Å². The van der Waals surface area contributed by atoms with Crippen LogP contribution in [0.4, 0.5) is 0 Å². The van der Waals surface area contributed by atoms with Crippen LogP contribution in [0.2, 0.25) is 0 Å². The number of likely N-dealkylation sites (tertiary alicyclic amines) is 1. The number of carbonyl (C=O) groups excluding carboxylic acids is 1. The summed E-state index contributed by atoms with van der Waals surface area (Å²) >= 11 is 0. The number of amides is 1. The van der Waals surface area contributed by atoms with Gasteiger partial charge in [-0.05, 0) is 54.5 Å². The third kappa shape index (κ3) is 3.48. The number of benzene rings is 1. The molecule has 1 saturated carbocycles. The minimum absolute atomic E-state index is 0.0213. The van der Waals surface area contributed by atoms with Crippen molar-refractivity contribution in [3.8, 4) is 11.1 Å². The highest BCUT2D eigenvalue weighted by Crippen LogP contribution is 2.42. The smallest absolute Gasteiger partial charge is 0.335 e. The molecule has 5 rings (SSSR count). The van der Waals surface area contributed by atoms with Crippen LogP contribution in [0.5, 0.6) is 0 Å². The molecule has 2 aliphatic heterocycles. The van der Waals surface area contributed by atoms with Crippen molar-refractivity contribution in [3.63, 3.8) is 0 Å². The second-order valence-electron chi connectivity index (χ2n) is 9.78. The van der Waals surface area contributed by atoms with Crippen LogP contribution in [-0.4, -0.2) is 39.5 Å². The first kappa shape index (κ1) is 20.0. The van der Waals surface area contributed by atoms with E-state index < -0.39 is 5.97 Å². The maximum atomic E-state index is 13.3. The normalized spacial score (nSPS) is 24.0. The molecule has 2 aromatic rings. The van der Waals surface area contributed by atoms with Gasteiger partial charge in [0.05, 0.1) is 5.56 Å². The molecule has 162 valence electrons. The molecule has 1 aliphatic carbocycles. The van der Waals surface area contributed by atoms with Gasteiger partial charge in [-0.15, -0.1) is 0 Å². The highest BCUT2D eigenvalue weighted by atomic mass is 16.4. The number of carboxylic acids is 1. The Balaban J connectivity index is 1.46. The van der Waals surface area contributed by atoms with E-state index >= 15 is 0 Å². The molecule has 3 aliphatic rings. The molecule has 1 saturated heterocycles. The van der Waals surface area contributed by atoms with Crippen molar-refractivity contribution in [2.75, 3.05) is 13.1 Å².